The van der Waals surface area contributed by atoms with Crippen molar-refractivity contribution in [1.82, 2.24) is 15.1 Å². The smallest absolute Gasteiger partial charge is 0.526 e. The van der Waals surface area contributed by atoms with Crippen molar-refractivity contribution in [2.24, 2.45) is 0 Å². The molecule has 0 unspecified atom stereocenters. The Kier molecular flexibility index (Phi) is 7.74. The number of piperazine rings is 1. The number of aliphatic carboxylic acids is 1. The van der Waals surface area contributed by atoms with E-state index in [2.05, 4.69) is 5.32 Å². The molecule has 1 saturated heterocycles. The maximum Gasteiger partial charge on any atom is 0.526 e. The molecule has 2 aliphatic heterocycles. The van der Waals surface area contributed by atoms with Crippen LogP contribution in [0.25, 0.3) is 0 Å². The van der Waals surface area contributed by atoms with Crippen molar-refractivity contribution in [2.45, 2.75) is 38.0 Å². The lowest BCUT2D eigenvalue weighted by molar-refractivity contribution is -0.153. The summed E-state index contributed by atoms with van der Waals surface area (Å²) in [6.45, 7) is 1.95. The number of benzene rings is 1. The van der Waals surface area contributed by atoms with Crippen molar-refractivity contribution >= 4 is 42.7 Å². The highest BCUT2D eigenvalue weighted by Crippen LogP contribution is 2.36. The number of nitrogens with zero attached hydrogens (tertiary/aromatic N) is 2. The van der Waals surface area contributed by atoms with Crippen molar-refractivity contribution in [3.8, 4) is 5.75 Å². The fourth-order valence-corrected chi connectivity index (χ4v) is 4.04. The summed E-state index contributed by atoms with van der Waals surface area (Å²) in [6, 6.07) is 1.78. The Morgan fingerprint density at radius 1 is 1.17 bits per heavy atom. The molecule has 2 aliphatic rings. The molecule has 4 N–H and O–H groups in total. The Labute approximate surface area is 199 Å². The first-order valence-corrected chi connectivity index (χ1v) is 10.9. The molecule has 0 bridgehead atoms. The van der Waals surface area contributed by atoms with Crippen LogP contribution in [0.1, 0.15) is 35.7 Å². The van der Waals surface area contributed by atoms with Gasteiger partial charge in [-0.15, -0.1) is 0 Å². The van der Waals surface area contributed by atoms with E-state index in [-0.39, 0.29) is 37.4 Å². The number of hydrogen-bond donors (Lipinski definition) is 4. The van der Waals surface area contributed by atoms with E-state index in [4.69, 9.17) is 4.65 Å². The van der Waals surface area contributed by atoms with Crippen LogP contribution in [0.15, 0.2) is 18.2 Å². The molecule has 1 aromatic rings. The van der Waals surface area contributed by atoms with Gasteiger partial charge in [0.1, 0.15) is 5.75 Å². The first-order chi connectivity index (χ1) is 16.5. The van der Waals surface area contributed by atoms with Gasteiger partial charge in [0.2, 0.25) is 0 Å². The predicted molar refractivity (Wildman–Crippen MR) is 118 cm³/mol. The minimum atomic E-state index is -1.55. The summed E-state index contributed by atoms with van der Waals surface area (Å²) in [5, 5.41) is 31.1. The summed E-state index contributed by atoms with van der Waals surface area (Å²) in [7, 11) is -1.55. The number of Topliss-reactive ketones (excluding diaryl/α,β-unsaturated/α-hetero) is 1. The van der Waals surface area contributed by atoms with Crippen molar-refractivity contribution in [2.75, 3.05) is 19.6 Å². The number of carboxylic acids is 2. The number of carboxylic acid groups (broad SMARTS) is 2. The van der Waals surface area contributed by atoms with Gasteiger partial charge >= 0.3 is 36.9 Å². The molecule has 0 saturated carbocycles. The van der Waals surface area contributed by atoms with Crippen LogP contribution >= 0.6 is 0 Å². The topological polar surface area (TPSA) is 191 Å². The number of aromatic carboxylic acids is 1. The number of carbonyl (C=O) groups excluding carboxylic acids is 4. The highest BCUT2D eigenvalue weighted by molar-refractivity contribution is 6.47. The molecule has 14 heteroatoms. The van der Waals surface area contributed by atoms with Crippen LogP contribution in [0.4, 0.5) is 4.79 Å². The van der Waals surface area contributed by atoms with Gasteiger partial charge in [-0.1, -0.05) is 12.1 Å². The number of likely N-dealkylation sites (N-methyl/N-ethyl adjacent to an activating group) is 1. The van der Waals surface area contributed by atoms with Gasteiger partial charge in [-0.2, -0.15) is 0 Å². The molecule has 0 aromatic heterocycles. The number of urea groups is 1. The molecular weight excluding hydrogens is 465 g/mol. The fraction of sp³-hybridized carbons (Fsp3) is 0.429. The minimum absolute atomic E-state index is 0.0130. The molecule has 4 amide bonds. The molecule has 1 fully saturated rings. The standard InChI is InChI=1S/C21H24BN3O10/c1-2-24-6-7-25(19(30)18(24)29)21(33)23-14(10-16(27)28)15(26)9-12-8-11-4-3-5-13(20(31)32)17(11)35-22(12)34/h3-5,12,14,34H,2,6-10H2,1H3,(H,23,33)(H,27,28)(H,31,32)/t12-,14-/m1/s1. The number of imide groups is 1. The molecule has 2 atom stereocenters. The van der Waals surface area contributed by atoms with E-state index in [1.54, 1.807) is 13.0 Å². The average molecular weight is 489 g/mol. The summed E-state index contributed by atoms with van der Waals surface area (Å²) in [4.78, 5) is 74.4. The summed E-state index contributed by atoms with van der Waals surface area (Å²) in [5.74, 6) is -6.20. The third-order valence-corrected chi connectivity index (χ3v) is 5.92. The third-order valence-electron chi connectivity index (χ3n) is 5.92. The molecule has 1 aromatic carbocycles. The van der Waals surface area contributed by atoms with E-state index in [9.17, 15) is 44.0 Å². The van der Waals surface area contributed by atoms with Gasteiger partial charge in [-0.05, 0) is 25.0 Å². The number of rotatable bonds is 8. The van der Waals surface area contributed by atoms with Crippen molar-refractivity contribution in [1.29, 1.82) is 0 Å². The quantitative estimate of drug-likeness (QED) is 0.270. The van der Waals surface area contributed by atoms with Crippen molar-refractivity contribution in [3.63, 3.8) is 0 Å². The maximum atomic E-state index is 12.9. The highest BCUT2D eigenvalue weighted by atomic mass is 16.5. The number of hydrogen-bond acceptors (Lipinski definition) is 8. The molecular formula is C21H24BN3O10. The van der Waals surface area contributed by atoms with Gasteiger partial charge in [0.15, 0.2) is 5.78 Å². The number of para-hydroxylation sites is 1. The van der Waals surface area contributed by atoms with Crippen LogP contribution in [-0.4, -0.2) is 93.4 Å². The first kappa shape index (κ1) is 25.7. The van der Waals surface area contributed by atoms with E-state index in [0.717, 1.165) is 0 Å². The van der Waals surface area contributed by atoms with Gasteiger partial charge in [-0.25, -0.2) is 9.59 Å². The van der Waals surface area contributed by atoms with E-state index < -0.39 is 67.4 Å². The summed E-state index contributed by atoms with van der Waals surface area (Å²) >= 11 is 0. The summed E-state index contributed by atoms with van der Waals surface area (Å²) in [5.41, 5.74) is 0.300. The summed E-state index contributed by atoms with van der Waals surface area (Å²) < 4.78 is 5.35. The van der Waals surface area contributed by atoms with Crippen LogP contribution in [0.5, 0.6) is 5.75 Å². The number of ketones is 1. The SMILES string of the molecule is CCN1CCN(C(=O)N[C@H](CC(=O)O)C(=O)C[C@H]2Cc3cccc(C(=O)O)c3OB2O)C(=O)C1=O. The van der Waals surface area contributed by atoms with E-state index >= 15 is 0 Å². The number of fused-ring (bicyclic) bond motifs is 1. The highest BCUT2D eigenvalue weighted by Gasteiger charge is 2.41. The Hall–Kier alpha value is -3.94. The second kappa shape index (κ2) is 10.6. The van der Waals surface area contributed by atoms with Crippen molar-refractivity contribution < 1.29 is 48.7 Å². The van der Waals surface area contributed by atoms with Crippen LogP contribution in [-0.2, 0) is 25.6 Å². The van der Waals surface area contributed by atoms with Gasteiger partial charge in [0, 0.05) is 31.9 Å². The van der Waals surface area contributed by atoms with Gasteiger partial charge in [0.25, 0.3) is 0 Å². The minimum Gasteiger partial charge on any atom is -0.535 e. The number of amides is 4. The predicted octanol–water partition coefficient (Wildman–Crippen LogP) is -0.627. The van der Waals surface area contributed by atoms with E-state index in [1.807, 2.05) is 0 Å². The molecule has 13 nitrogen and oxygen atoms in total. The lowest BCUT2D eigenvalue weighted by atomic mass is 9.64. The maximum absolute atomic E-state index is 12.9. The van der Waals surface area contributed by atoms with Gasteiger partial charge in [-0.3, -0.25) is 24.1 Å². The molecule has 0 aliphatic carbocycles. The monoisotopic (exact) mass is 489 g/mol. The molecule has 3 rings (SSSR count). The van der Waals surface area contributed by atoms with E-state index in [1.165, 1.54) is 17.0 Å². The number of carbonyl (C=O) groups is 6. The van der Waals surface area contributed by atoms with Crippen LogP contribution in [0, 0.1) is 0 Å². The van der Waals surface area contributed by atoms with Crippen molar-refractivity contribution in [3.05, 3.63) is 29.3 Å². The average Bonchev–Trinajstić information content (AvgIpc) is 2.79. The second-order valence-electron chi connectivity index (χ2n) is 8.18. The Morgan fingerprint density at radius 2 is 1.89 bits per heavy atom. The Balaban J connectivity index is 1.71. The third kappa shape index (κ3) is 5.59. The van der Waals surface area contributed by atoms with Gasteiger partial charge in [0.05, 0.1) is 18.0 Å². The zero-order chi connectivity index (χ0) is 25.9. The molecule has 2 heterocycles. The normalized spacial score (nSPS) is 18.5. The number of nitrogens with one attached hydrogen (secondary N) is 1. The van der Waals surface area contributed by atoms with E-state index in [0.29, 0.717) is 10.5 Å². The molecule has 35 heavy (non-hydrogen) atoms. The molecule has 0 spiro atoms. The van der Waals surface area contributed by atoms with Crippen LogP contribution < -0.4 is 9.97 Å². The lowest BCUT2D eigenvalue weighted by Crippen LogP contribution is -2.60. The first-order valence-electron chi connectivity index (χ1n) is 10.9. The lowest BCUT2D eigenvalue weighted by Gasteiger charge is -2.33. The second-order valence-corrected chi connectivity index (χ2v) is 8.18. The Morgan fingerprint density at radius 3 is 2.51 bits per heavy atom. The van der Waals surface area contributed by atoms with Crippen LogP contribution in [0.2, 0.25) is 5.82 Å². The molecule has 186 valence electrons. The fourth-order valence-electron chi connectivity index (χ4n) is 4.04. The Bertz CT molecular complexity index is 1080. The zero-order valence-corrected chi connectivity index (χ0v) is 18.8. The van der Waals surface area contributed by atoms with Gasteiger partial charge < -0.3 is 30.1 Å². The largest absolute Gasteiger partial charge is 0.535 e. The van der Waals surface area contributed by atoms with Crippen LogP contribution in [0.3, 0.4) is 0 Å². The molecule has 0 radical (unpaired) electrons. The summed E-state index contributed by atoms with van der Waals surface area (Å²) in [6.07, 6.45) is -1.11. The zero-order valence-electron chi connectivity index (χ0n) is 18.8.